The van der Waals surface area contributed by atoms with Crippen molar-refractivity contribution >= 4 is 22.5 Å². The van der Waals surface area contributed by atoms with Gasteiger partial charge in [-0.15, -0.1) is 0 Å². The first kappa shape index (κ1) is 10.4. The molecule has 2 nitrogen and oxygen atoms in total. The molecule has 0 spiro atoms. The SMILES string of the molecule is Cc1cc(CCN)nc2cc(Cl)ccc12. The third kappa shape index (κ3) is 2.11. The number of rotatable bonds is 2. The average Bonchev–Trinajstić information content (AvgIpc) is 2.17. The highest BCUT2D eigenvalue weighted by molar-refractivity contribution is 6.31. The van der Waals surface area contributed by atoms with Crippen molar-refractivity contribution in [3.8, 4) is 0 Å². The number of aryl methyl sites for hydroxylation is 1. The second-order valence-corrected chi connectivity index (χ2v) is 4.07. The first-order chi connectivity index (χ1) is 7.20. The maximum Gasteiger partial charge on any atom is 0.0722 e. The number of nitrogens with zero attached hydrogens (tertiary/aromatic N) is 1. The third-order valence-electron chi connectivity index (χ3n) is 2.43. The highest BCUT2D eigenvalue weighted by Crippen LogP contribution is 2.21. The van der Waals surface area contributed by atoms with E-state index in [0.717, 1.165) is 28.0 Å². The van der Waals surface area contributed by atoms with Crippen molar-refractivity contribution in [3.63, 3.8) is 0 Å². The van der Waals surface area contributed by atoms with Crippen molar-refractivity contribution in [3.05, 3.63) is 40.5 Å². The second kappa shape index (κ2) is 4.17. The minimum atomic E-state index is 0.624. The van der Waals surface area contributed by atoms with E-state index >= 15 is 0 Å². The Balaban J connectivity index is 2.63. The number of halogens is 1. The first-order valence-electron chi connectivity index (χ1n) is 4.96. The lowest BCUT2D eigenvalue weighted by molar-refractivity contribution is 0.930. The van der Waals surface area contributed by atoms with Gasteiger partial charge in [0.05, 0.1) is 5.52 Å². The standard InChI is InChI=1S/C12H13ClN2/c1-8-6-10(4-5-14)15-12-7-9(13)2-3-11(8)12/h2-3,6-7H,4-5,14H2,1H3. The molecule has 0 unspecified atom stereocenters. The van der Waals surface area contributed by atoms with Crippen LogP contribution in [0.4, 0.5) is 0 Å². The van der Waals surface area contributed by atoms with Gasteiger partial charge in [0.1, 0.15) is 0 Å². The van der Waals surface area contributed by atoms with Gasteiger partial charge in [0.15, 0.2) is 0 Å². The number of benzene rings is 1. The molecule has 15 heavy (non-hydrogen) atoms. The molecule has 0 amide bonds. The van der Waals surface area contributed by atoms with Crippen LogP contribution in [0.3, 0.4) is 0 Å². The van der Waals surface area contributed by atoms with E-state index < -0.39 is 0 Å². The Morgan fingerprint density at radius 2 is 2.13 bits per heavy atom. The maximum atomic E-state index is 5.94. The van der Waals surface area contributed by atoms with E-state index in [-0.39, 0.29) is 0 Å². The minimum Gasteiger partial charge on any atom is -0.330 e. The van der Waals surface area contributed by atoms with E-state index in [0.29, 0.717) is 6.54 Å². The number of fused-ring (bicyclic) bond motifs is 1. The van der Waals surface area contributed by atoms with Crippen molar-refractivity contribution < 1.29 is 0 Å². The predicted molar refractivity (Wildman–Crippen MR) is 64.2 cm³/mol. The fourth-order valence-corrected chi connectivity index (χ4v) is 1.89. The molecule has 1 aromatic heterocycles. The summed E-state index contributed by atoms with van der Waals surface area (Å²) < 4.78 is 0. The molecule has 0 saturated heterocycles. The molecule has 0 atom stereocenters. The summed E-state index contributed by atoms with van der Waals surface area (Å²) in [7, 11) is 0. The van der Waals surface area contributed by atoms with Gasteiger partial charge in [0.25, 0.3) is 0 Å². The lowest BCUT2D eigenvalue weighted by Gasteiger charge is -2.05. The van der Waals surface area contributed by atoms with Gasteiger partial charge in [-0.3, -0.25) is 4.98 Å². The topological polar surface area (TPSA) is 38.9 Å². The lowest BCUT2D eigenvalue weighted by Crippen LogP contribution is -2.04. The monoisotopic (exact) mass is 220 g/mol. The molecule has 0 radical (unpaired) electrons. The molecule has 0 aliphatic carbocycles. The Bertz CT molecular complexity index is 494. The molecular formula is C12H13ClN2. The minimum absolute atomic E-state index is 0.624. The summed E-state index contributed by atoms with van der Waals surface area (Å²) in [5.74, 6) is 0. The smallest absolute Gasteiger partial charge is 0.0722 e. The van der Waals surface area contributed by atoms with Crippen LogP contribution in [0.25, 0.3) is 10.9 Å². The van der Waals surface area contributed by atoms with Crippen LogP contribution >= 0.6 is 11.6 Å². The Kier molecular flexibility index (Phi) is 2.89. The van der Waals surface area contributed by atoms with E-state index in [2.05, 4.69) is 18.0 Å². The van der Waals surface area contributed by atoms with Crippen LogP contribution in [-0.2, 0) is 6.42 Å². The molecule has 1 heterocycles. The van der Waals surface area contributed by atoms with Crippen LogP contribution in [0.2, 0.25) is 5.02 Å². The summed E-state index contributed by atoms with van der Waals surface area (Å²) in [5.41, 5.74) is 8.72. The maximum absolute atomic E-state index is 5.94. The Morgan fingerprint density at radius 3 is 2.87 bits per heavy atom. The van der Waals surface area contributed by atoms with Gasteiger partial charge in [-0.05, 0) is 37.2 Å². The summed E-state index contributed by atoms with van der Waals surface area (Å²) >= 11 is 5.94. The van der Waals surface area contributed by atoms with Crippen molar-refractivity contribution in [1.82, 2.24) is 4.98 Å². The molecule has 0 bridgehead atoms. The highest BCUT2D eigenvalue weighted by Gasteiger charge is 2.02. The molecule has 2 aromatic rings. The van der Waals surface area contributed by atoms with Crippen LogP contribution in [0.15, 0.2) is 24.3 Å². The average molecular weight is 221 g/mol. The molecular weight excluding hydrogens is 208 g/mol. The van der Waals surface area contributed by atoms with Crippen molar-refractivity contribution in [2.75, 3.05) is 6.54 Å². The quantitative estimate of drug-likeness (QED) is 0.845. The Morgan fingerprint density at radius 1 is 1.33 bits per heavy atom. The summed E-state index contributed by atoms with van der Waals surface area (Å²) in [6.45, 7) is 2.70. The number of hydrogen-bond acceptors (Lipinski definition) is 2. The van der Waals surface area contributed by atoms with Crippen LogP contribution < -0.4 is 5.73 Å². The van der Waals surface area contributed by atoms with Gasteiger partial charge in [0.2, 0.25) is 0 Å². The normalized spacial score (nSPS) is 10.9. The number of aromatic nitrogens is 1. The summed E-state index contributed by atoms with van der Waals surface area (Å²) in [5, 5.41) is 1.87. The van der Waals surface area contributed by atoms with Gasteiger partial charge in [-0.2, -0.15) is 0 Å². The molecule has 1 aromatic carbocycles. The number of hydrogen-bond donors (Lipinski definition) is 1. The largest absolute Gasteiger partial charge is 0.330 e. The Labute approximate surface area is 94.1 Å². The third-order valence-corrected chi connectivity index (χ3v) is 2.67. The molecule has 0 fully saturated rings. The van der Waals surface area contributed by atoms with E-state index in [9.17, 15) is 0 Å². The highest BCUT2D eigenvalue weighted by atomic mass is 35.5. The van der Waals surface area contributed by atoms with Crippen LogP contribution in [0.5, 0.6) is 0 Å². The van der Waals surface area contributed by atoms with Gasteiger partial charge >= 0.3 is 0 Å². The number of pyridine rings is 1. The van der Waals surface area contributed by atoms with Gasteiger partial charge in [-0.1, -0.05) is 17.7 Å². The van der Waals surface area contributed by atoms with Gasteiger partial charge < -0.3 is 5.73 Å². The predicted octanol–water partition coefficient (Wildman–Crippen LogP) is 2.70. The van der Waals surface area contributed by atoms with E-state index in [1.165, 1.54) is 5.56 Å². The zero-order valence-electron chi connectivity index (χ0n) is 8.63. The Hall–Kier alpha value is -1.12. The van der Waals surface area contributed by atoms with Gasteiger partial charge in [0, 0.05) is 22.5 Å². The molecule has 2 rings (SSSR count). The van der Waals surface area contributed by atoms with Crippen molar-refractivity contribution in [2.45, 2.75) is 13.3 Å². The van der Waals surface area contributed by atoms with Gasteiger partial charge in [-0.25, -0.2) is 0 Å². The molecule has 0 aliphatic rings. The molecule has 0 saturated carbocycles. The van der Waals surface area contributed by atoms with E-state index in [1.807, 2.05) is 18.2 Å². The summed E-state index contributed by atoms with van der Waals surface area (Å²) in [6.07, 6.45) is 0.809. The zero-order chi connectivity index (χ0) is 10.8. The van der Waals surface area contributed by atoms with Crippen LogP contribution in [-0.4, -0.2) is 11.5 Å². The molecule has 78 valence electrons. The van der Waals surface area contributed by atoms with Crippen LogP contribution in [0, 0.1) is 6.92 Å². The zero-order valence-corrected chi connectivity index (χ0v) is 9.38. The summed E-state index contributed by atoms with van der Waals surface area (Å²) in [4.78, 5) is 4.52. The first-order valence-corrected chi connectivity index (χ1v) is 5.34. The molecule has 0 aliphatic heterocycles. The van der Waals surface area contributed by atoms with Crippen molar-refractivity contribution in [1.29, 1.82) is 0 Å². The van der Waals surface area contributed by atoms with E-state index in [4.69, 9.17) is 17.3 Å². The fourth-order valence-electron chi connectivity index (χ4n) is 1.72. The lowest BCUT2D eigenvalue weighted by atomic mass is 10.1. The number of nitrogens with two attached hydrogens (primary N) is 1. The van der Waals surface area contributed by atoms with Crippen LogP contribution in [0.1, 0.15) is 11.3 Å². The molecule has 3 heteroatoms. The fraction of sp³-hybridized carbons (Fsp3) is 0.250. The summed E-state index contributed by atoms with van der Waals surface area (Å²) in [6, 6.07) is 7.88. The second-order valence-electron chi connectivity index (χ2n) is 3.63. The van der Waals surface area contributed by atoms with E-state index in [1.54, 1.807) is 0 Å². The molecule has 2 N–H and O–H groups in total. The van der Waals surface area contributed by atoms with Crippen molar-refractivity contribution in [2.24, 2.45) is 5.73 Å².